The Labute approximate surface area is 66.4 Å². The van der Waals surface area contributed by atoms with Gasteiger partial charge in [0, 0.05) is 12.5 Å². The number of rotatable bonds is 1. The molecule has 1 rings (SSSR count). The van der Waals surface area contributed by atoms with Crippen molar-refractivity contribution in [3.8, 4) is 0 Å². The van der Waals surface area contributed by atoms with Crippen molar-refractivity contribution < 1.29 is 9.18 Å². The van der Waals surface area contributed by atoms with Gasteiger partial charge in [0.2, 0.25) is 0 Å². The molecular formula is C8H14FNO. The van der Waals surface area contributed by atoms with Gasteiger partial charge in [0.1, 0.15) is 12.0 Å². The van der Waals surface area contributed by atoms with E-state index in [1.807, 2.05) is 11.8 Å². The minimum atomic E-state index is -0.839. The normalized spacial score (nSPS) is 39.5. The highest BCUT2D eigenvalue weighted by Crippen LogP contribution is 2.25. The van der Waals surface area contributed by atoms with Gasteiger partial charge in [-0.05, 0) is 20.9 Å². The summed E-state index contributed by atoms with van der Waals surface area (Å²) >= 11 is 0. The zero-order chi connectivity index (χ0) is 8.59. The van der Waals surface area contributed by atoms with E-state index in [1.54, 1.807) is 7.05 Å². The average molecular weight is 159 g/mol. The van der Waals surface area contributed by atoms with Crippen molar-refractivity contribution in [2.75, 3.05) is 7.05 Å². The van der Waals surface area contributed by atoms with E-state index in [2.05, 4.69) is 0 Å². The fourth-order valence-corrected chi connectivity index (χ4v) is 1.57. The summed E-state index contributed by atoms with van der Waals surface area (Å²) in [5.41, 5.74) is 0. The number of Topliss-reactive ketones (excluding diaryl/α,β-unsaturated/α-hetero) is 1. The lowest BCUT2D eigenvalue weighted by Gasteiger charge is -2.20. The summed E-state index contributed by atoms with van der Waals surface area (Å²) in [7, 11) is 1.80. The molecule has 1 aliphatic rings. The van der Waals surface area contributed by atoms with E-state index >= 15 is 0 Å². The molecule has 0 bridgehead atoms. The first kappa shape index (κ1) is 8.65. The van der Waals surface area contributed by atoms with Crippen molar-refractivity contribution in [2.45, 2.75) is 38.5 Å². The van der Waals surface area contributed by atoms with E-state index in [1.165, 1.54) is 6.92 Å². The highest BCUT2D eigenvalue weighted by atomic mass is 19.1. The Kier molecular flexibility index (Phi) is 2.28. The Hall–Kier alpha value is -0.440. The van der Waals surface area contributed by atoms with Gasteiger partial charge in [-0.15, -0.1) is 0 Å². The molecule has 0 N–H and O–H groups in total. The molecule has 0 aromatic rings. The summed E-state index contributed by atoms with van der Waals surface area (Å²) in [4.78, 5) is 12.8. The van der Waals surface area contributed by atoms with Crippen LogP contribution >= 0.6 is 0 Å². The molecular weight excluding hydrogens is 145 g/mol. The van der Waals surface area contributed by atoms with Gasteiger partial charge in [-0.3, -0.25) is 9.69 Å². The van der Waals surface area contributed by atoms with Crippen molar-refractivity contribution in [1.82, 2.24) is 4.90 Å². The van der Waals surface area contributed by atoms with Crippen LogP contribution in [-0.2, 0) is 4.79 Å². The van der Waals surface area contributed by atoms with Crippen LogP contribution in [0.5, 0.6) is 0 Å². The van der Waals surface area contributed by atoms with Crippen LogP contribution in [0.4, 0.5) is 4.39 Å². The van der Waals surface area contributed by atoms with Crippen LogP contribution in [0.1, 0.15) is 20.3 Å². The second kappa shape index (κ2) is 2.89. The number of hydrogen-bond donors (Lipinski definition) is 0. The van der Waals surface area contributed by atoms with Crippen LogP contribution in [0.25, 0.3) is 0 Å². The van der Waals surface area contributed by atoms with E-state index in [0.717, 1.165) is 0 Å². The van der Waals surface area contributed by atoms with Crippen LogP contribution < -0.4 is 0 Å². The molecule has 0 aromatic heterocycles. The van der Waals surface area contributed by atoms with Crippen molar-refractivity contribution in [1.29, 1.82) is 0 Å². The largest absolute Gasteiger partial charge is 0.298 e. The summed E-state index contributed by atoms with van der Waals surface area (Å²) in [6.07, 6.45) is -0.471. The minimum absolute atomic E-state index is 0.0690. The van der Waals surface area contributed by atoms with Gasteiger partial charge in [-0.1, -0.05) is 0 Å². The summed E-state index contributed by atoms with van der Waals surface area (Å²) in [6, 6.07) is -0.302. The van der Waals surface area contributed by atoms with Gasteiger partial charge >= 0.3 is 0 Å². The maximum absolute atomic E-state index is 13.0. The zero-order valence-corrected chi connectivity index (χ0v) is 7.17. The van der Waals surface area contributed by atoms with E-state index in [-0.39, 0.29) is 17.9 Å². The van der Waals surface area contributed by atoms with Crippen molar-refractivity contribution in [3.05, 3.63) is 0 Å². The Morgan fingerprint density at radius 1 is 1.64 bits per heavy atom. The standard InChI is InChI=1S/C8H14FNO/c1-5-7(9)4-8(6(2)11)10(5)3/h5,7-8H,4H2,1-3H3/t5-,7+,8-/m0/s1. The smallest absolute Gasteiger partial charge is 0.147 e. The highest BCUT2D eigenvalue weighted by molar-refractivity contribution is 5.81. The SMILES string of the molecule is CC(=O)[C@@H]1C[C@@H](F)[C@H](C)N1C. The molecule has 3 heteroatoms. The first-order valence-corrected chi connectivity index (χ1v) is 3.90. The molecule has 1 heterocycles. The number of carbonyl (C=O) groups is 1. The molecule has 0 aliphatic carbocycles. The Morgan fingerprint density at radius 3 is 2.36 bits per heavy atom. The van der Waals surface area contributed by atoms with Crippen LogP contribution in [-0.4, -0.2) is 36.0 Å². The summed E-state index contributed by atoms with van der Waals surface area (Å²) in [5.74, 6) is 0.0690. The number of hydrogen-bond acceptors (Lipinski definition) is 2. The molecule has 0 radical (unpaired) electrons. The number of halogens is 1. The van der Waals surface area contributed by atoms with E-state index in [4.69, 9.17) is 0 Å². The topological polar surface area (TPSA) is 20.3 Å². The van der Waals surface area contributed by atoms with Gasteiger partial charge in [0.25, 0.3) is 0 Å². The molecule has 0 aromatic carbocycles. The molecule has 0 unspecified atom stereocenters. The number of likely N-dealkylation sites (N-methyl/N-ethyl adjacent to an activating group) is 1. The predicted octanol–water partition coefficient (Wildman–Crippen LogP) is 1.01. The third-order valence-electron chi connectivity index (χ3n) is 2.58. The molecule has 1 aliphatic heterocycles. The minimum Gasteiger partial charge on any atom is -0.298 e. The molecule has 2 nitrogen and oxygen atoms in total. The van der Waals surface area contributed by atoms with Gasteiger partial charge in [-0.25, -0.2) is 4.39 Å². The molecule has 0 saturated carbocycles. The fourth-order valence-electron chi connectivity index (χ4n) is 1.57. The number of nitrogens with zero attached hydrogens (tertiary/aromatic N) is 1. The second-order valence-electron chi connectivity index (χ2n) is 3.28. The van der Waals surface area contributed by atoms with Crippen LogP contribution in [0.2, 0.25) is 0 Å². The first-order chi connectivity index (χ1) is 5.04. The number of alkyl halides is 1. The second-order valence-corrected chi connectivity index (χ2v) is 3.28. The first-order valence-electron chi connectivity index (χ1n) is 3.90. The Morgan fingerprint density at radius 2 is 2.18 bits per heavy atom. The average Bonchev–Trinajstić information content (AvgIpc) is 2.17. The van der Waals surface area contributed by atoms with Gasteiger partial charge in [0.15, 0.2) is 0 Å². The fraction of sp³-hybridized carbons (Fsp3) is 0.875. The van der Waals surface area contributed by atoms with Gasteiger partial charge in [-0.2, -0.15) is 0 Å². The maximum atomic E-state index is 13.0. The van der Waals surface area contributed by atoms with E-state index in [9.17, 15) is 9.18 Å². The van der Waals surface area contributed by atoms with Crippen molar-refractivity contribution in [3.63, 3.8) is 0 Å². The predicted molar refractivity (Wildman–Crippen MR) is 41.2 cm³/mol. The van der Waals surface area contributed by atoms with E-state index in [0.29, 0.717) is 6.42 Å². The molecule has 1 saturated heterocycles. The molecule has 0 spiro atoms. The number of likely N-dealkylation sites (tertiary alicyclic amines) is 1. The lowest BCUT2D eigenvalue weighted by atomic mass is 10.1. The van der Waals surface area contributed by atoms with Gasteiger partial charge < -0.3 is 0 Å². The third kappa shape index (κ3) is 1.43. The molecule has 1 fully saturated rings. The Bertz CT molecular complexity index is 171. The quantitative estimate of drug-likeness (QED) is 0.569. The molecule has 0 amide bonds. The van der Waals surface area contributed by atoms with Crippen molar-refractivity contribution in [2.24, 2.45) is 0 Å². The third-order valence-corrected chi connectivity index (χ3v) is 2.58. The molecule has 3 atom stereocenters. The maximum Gasteiger partial charge on any atom is 0.147 e. The monoisotopic (exact) mass is 159 g/mol. The molecule has 11 heavy (non-hydrogen) atoms. The van der Waals surface area contributed by atoms with Crippen LogP contribution in [0.3, 0.4) is 0 Å². The number of ketones is 1. The van der Waals surface area contributed by atoms with Crippen molar-refractivity contribution >= 4 is 5.78 Å². The van der Waals surface area contributed by atoms with Crippen LogP contribution in [0.15, 0.2) is 0 Å². The van der Waals surface area contributed by atoms with Gasteiger partial charge in [0.05, 0.1) is 6.04 Å². The lowest BCUT2D eigenvalue weighted by molar-refractivity contribution is -0.121. The van der Waals surface area contributed by atoms with Crippen LogP contribution in [0, 0.1) is 0 Å². The summed E-state index contributed by atoms with van der Waals surface area (Å²) in [6.45, 7) is 3.33. The summed E-state index contributed by atoms with van der Waals surface area (Å²) < 4.78 is 13.0. The van der Waals surface area contributed by atoms with E-state index < -0.39 is 6.17 Å². The lowest BCUT2D eigenvalue weighted by Crippen LogP contribution is -2.35. The zero-order valence-electron chi connectivity index (χ0n) is 7.17. The number of carbonyl (C=O) groups excluding carboxylic acids is 1. The Balaban J connectivity index is 2.67. The summed E-state index contributed by atoms with van der Waals surface area (Å²) in [5, 5.41) is 0. The highest BCUT2D eigenvalue weighted by Gasteiger charge is 2.38. The molecule has 64 valence electrons.